The maximum absolute atomic E-state index is 12.5. The van der Waals surface area contributed by atoms with Gasteiger partial charge in [0.1, 0.15) is 18.8 Å². The number of ether oxygens (including phenoxy) is 3. The molecule has 0 rings (SSSR count). The van der Waals surface area contributed by atoms with Gasteiger partial charge in [-0.15, -0.1) is 0 Å². The maximum Gasteiger partial charge on any atom is 0.306 e. The van der Waals surface area contributed by atoms with Gasteiger partial charge in [0, 0.05) is 19.3 Å². The summed E-state index contributed by atoms with van der Waals surface area (Å²) in [7, 11) is 0. The van der Waals surface area contributed by atoms with E-state index in [1.54, 1.807) is 0 Å². The van der Waals surface area contributed by atoms with E-state index in [4.69, 9.17) is 19.9 Å². The van der Waals surface area contributed by atoms with E-state index in [0.29, 0.717) is 32.4 Å². The minimum atomic E-state index is -0.102. The Morgan fingerprint density at radius 1 is 0.377 bits per heavy atom. The Morgan fingerprint density at radius 3 is 1.07 bits per heavy atom. The fraction of sp³-hybridized carbons (Fsp3) is 0.907. The minimum Gasteiger partial charge on any atom is -0.462 e. The SMILES string of the molecule is CCCCCC/C=C\COC(=O)CCCCCCCC(=O)OC(CCCCCCC)CCCCCCCC.CCCCCCCCC(CCCCCCC)OC(=O)CCCN. The molecule has 2 N–H and O–H groups in total. The molecule has 0 saturated heterocycles. The van der Waals surface area contributed by atoms with Gasteiger partial charge in [-0.1, -0.05) is 201 Å². The zero-order valence-electron chi connectivity index (χ0n) is 41.5. The molecule has 0 bridgehead atoms. The van der Waals surface area contributed by atoms with Crippen LogP contribution in [0.1, 0.15) is 291 Å². The molecule has 7 nitrogen and oxygen atoms in total. The highest BCUT2D eigenvalue weighted by Crippen LogP contribution is 2.19. The first-order valence-corrected chi connectivity index (χ1v) is 26.8. The Bertz CT molecular complexity index is 939. The highest BCUT2D eigenvalue weighted by molar-refractivity contribution is 5.70. The van der Waals surface area contributed by atoms with E-state index in [1.807, 2.05) is 6.08 Å². The molecular weight excluding hydrogens is 759 g/mol. The number of carbonyl (C=O) groups excluding carboxylic acids is 3. The van der Waals surface area contributed by atoms with Gasteiger partial charge in [-0.25, -0.2) is 0 Å². The summed E-state index contributed by atoms with van der Waals surface area (Å²) in [6, 6.07) is 0. The highest BCUT2D eigenvalue weighted by Gasteiger charge is 2.15. The number of esters is 3. The lowest BCUT2D eigenvalue weighted by atomic mass is 10.0. The molecular formula is C54H105NO6. The molecule has 0 aromatic heterocycles. The summed E-state index contributed by atoms with van der Waals surface area (Å²) in [6.45, 7) is 12.2. The standard InChI is InChI=1S/C34H64O4.C20H41NO2/c1-4-7-10-13-15-21-26-31-37-33(35)29-24-19-16-20-25-30-34(36)38-32(27-22-17-12-9-6-3)28-23-18-14-11-8-5-2;1-3-5-7-9-11-13-16-19(15-12-10-8-6-4-2)23-20(22)17-14-18-21/h21,26,32H,4-20,22-25,27-31H2,1-3H3;19H,3-18,21H2,1-2H3/b26-21-;. The number of unbranched alkanes of at least 4 members (excludes halogenated alkanes) is 26. The van der Waals surface area contributed by atoms with E-state index in [1.165, 1.54) is 167 Å². The third kappa shape index (κ3) is 50.6. The molecule has 0 fully saturated rings. The van der Waals surface area contributed by atoms with Crippen molar-refractivity contribution in [2.45, 2.75) is 304 Å². The second-order valence-electron chi connectivity index (χ2n) is 17.9. The molecule has 0 aliphatic heterocycles. The van der Waals surface area contributed by atoms with Crippen molar-refractivity contribution in [3.8, 4) is 0 Å². The number of allylic oxidation sites excluding steroid dienone is 1. The Labute approximate surface area is 380 Å². The average Bonchev–Trinajstić information content (AvgIpc) is 3.25. The molecule has 61 heavy (non-hydrogen) atoms. The summed E-state index contributed by atoms with van der Waals surface area (Å²) in [4.78, 5) is 36.2. The zero-order chi connectivity index (χ0) is 45.1. The molecule has 7 heteroatoms. The van der Waals surface area contributed by atoms with Crippen LogP contribution in [-0.4, -0.2) is 43.3 Å². The Morgan fingerprint density at radius 2 is 0.689 bits per heavy atom. The van der Waals surface area contributed by atoms with Crippen molar-refractivity contribution in [1.29, 1.82) is 0 Å². The molecule has 362 valence electrons. The van der Waals surface area contributed by atoms with Gasteiger partial charge >= 0.3 is 17.9 Å². The van der Waals surface area contributed by atoms with E-state index in [-0.39, 0.29) is 30.1 Å². The minimum absolute atomic E-state index is 0.0171. The number of carbonyl (C=O) groups is 3. The van der Waals surface area contributed by atoms with Gasteiger partial charge in [0.15, 0.2) is 0 Å². The van der Waals surface area contributed by atoms with Crippen LogP contribution in [0.3, 0.4) is 0 Å². The Balaban J connectivity index is 0. The molecule has 0 spiro atoms. The Kier molecular flexibility index (Phi) is 52.6. The van der Waals surface area contributed by atoms with Crippen molar-refractivity contribution in [3.05, 3.63) is 12.2 Å². The fourth-order valence-electron chi connectivity index (χ4n) is 7.67. The molecule has 0 aromatic carbocycles. The summed E-state index contributed by atoms with van der Waals surface area (Å²) in [5, 5.41) is 0. The van der Waals surface area contributed by atoms with Crippen LogP contribution in [0, 0.1) is 0 Å². The number of nitrogens with two attached hydrogens (primary N) is 1. The summed E-state index contributed by atoms with van der Waals surface area (Å²) in [5.74, 6) is -0.174. The fourth-order valence-corrected chi connectivity index (χ4v) is 7.67. The lowest BCUT2D eigenvalue weighted by molar-refractivity contribution is -0.151. The van der Waals surface area contributed by atoms with Gasteiger partial charge in [-0.3, -0.25) is 14.4 Å². The van der Waals surface area contributed by atoms with Crippen LogP contribution in [0.2, 0.25) is 0 Å². The highest BCUT2D eigenvalue weighted by atomic mass is 16.5. The van der Waals surface area contributed by atoms with Crippen LogP contribution in [0.25, 0.3) is 0 Å². The lowest BCUT2D eigenvalue weighted by Crippen LogP contribution is -2.19. The monoisotopic (exact) mass is 864 g/mol. The van der Waals surface area contributed by atoms with E-state index < -0.39 is 0 Å². The van der Waals surface area contributed by atoms with Crippen molar-refractivity contribution in [2.75, 3.05) is 13.2 Å². The molecule has 2 unspecified atom stereocenters. The van der Waals surface area contributed by atoms with Crippen LogP contribution >= 0.6 is 0 Å². The van der Waals surface area contributed by atoms with Crippen LogP contribution in [0.15, 0.2) is 12.2 Å². The topological polar surface area (TPSA) is 105 Å². The van der Waals surface area contributed by atoms with Gasteiger partial charge in [0.2, 0.25) is 0 Å². The third-order valence-corrected chi connectivity index (χ3v) is 11.7. The van der Waals surface area contributed by atoms with Crippen LogP contribution in [0.4, 0.5) is 0 Å². The molecule has 0 aliphatic rings. The Hall–Kier alpha value is -1.89. The lowest BCUT2D eigenvalue weighted by Gasteiger charge is -2.18. The predicted octanol–water partition coefficient (Wildman–Crippen LogP) is 16.6. The number of rotatable bonds is 46. The summed E-state index contributed by atoms with van der Waals surface area (Å²) in [6.07, 6.45) is 49.7. The van der Waals surface area contributed by atoms with Gasteiger partial charge < -0.3 is 19.9 Å². The van der Waals surface area contributed by atoms with Crippen molar-refractivity contribution >= 4 is 17.9 Å². The smallest absolute Gasteiger partial charge is 0.306 e. The van der Waals surface area contributed by atoms with Gasteiger partial charge in [-0.05, 0) is 90.0 Å². The second-order valence-corrected chi connectivity index (χ2v) is 17.9. The quantitative estimate of drug-likeness (QED) is 0.0281. The molecule has 0 saturated carbocycles. The van der Waals surface area contributed by atoms with Crippen molar-refractivity contribution < 1.29 is 28.6 Å². The normalized spacial score (nSPS) is 12.2. The largest absolute Gasteiger partial charge is 0.462 e. The van der Waals surface area contributed by atoms with E-state index in [2.05, 4.69) is 40.7 Å². The first-order valence-electron chi connectivity index (χ1n) is 26.8. The summed E-state index contributed by atoms with van der Waals surface area (Å²) < 4.78 is 16.9. The molecule has 0 heterocycles. The molecule has 0 aliphatic carbocycles. The molecule has 0 aromatic rings. The maximum atomic E-state index is 12.5. The van der Waals surface area contributed by atoms with Crippen molar-refractivity contribution in [1.82, 2.24) is 0 Å². The third-order valence-electron chi connectivity index (χ3n) is 11.7. The molecule has 2 atom stereocenters. The summed E-state index contributed by atoms with van der Waals surface area (Å²) in [5.41, 5.74) is 5.46. The van der Waals surface area contributed by atoms with E-state index >= 15 is 0 Å². The second kappa shape index (κ2) is 52.5. The molecule has 0 radical (unpaired) electrons. The van der Waals surface area contributed by atoms with Gasteiger partial charge in [0.05, 0.1) is 0 Å². The van der Waals surface area contributed by atoms with E-state index in [9.17, 15) is 14.4 Å². The predicted molar refractivity (Wildman–Crippen MR) is 262 cm³/mol. The number of hydrogen-bond donors (Lipinski definition) is 1. The van der Waals surface area contributed by atoms with Crippen molar-refractivity contribution in [3.63, 3.8) is 0 Å². The zero-order valence-corrected chi connectivity index (χ0v) is 41.5. The first-order chi connectivity index (χ1) is 29.9. The van der Waals surface area contributed by atoms with Gasteiger partial charge in [0.25, 0.3) is 0 Å². The average molecular weight is 864 g/mol. The first kappa shape index (κ1) is 61.2. The van der Waals surface area contributed by atoms with E-state index in [0.717, 1.165) is 70.6 Å². The summed E-state index contributed by atoms with van der Waals surface area (Å²) >= 11 is 0. The van der Waals surface area contributed by atoms with Crippen LogP contribution < -0.4 is 5.73 Å². The van der Waals surface area contributed by atoms with Crippen LogP contribution in [-0.2, 0) is 28.6 Å². The van der Waals surface area contributed by atoms with Crippen LogP contribution in [0.5, 0.6) is 0 Å². The number of hydrogen-bond acceptors (Lipinski definition) is 7. The van der Waals surface area contributed by atoms with Crippen molar-refractivity contribution in [2.24, 2.45) is 5.73 Å². The molecule has 0 amide bonds. The van der Waals surface area contributed by atoms with Gasteiger partial charge in [-0.2, -0.15) is 0 Å².